The third-order valence-corrected chi connectivity index (χ3v) is 6.48. The van der Waals surface area contributed by atoms with Crippen molar-refractivity contribution >= 4 is 17.4 Å². The largest absolute Gasteiger partial charge is 0.416 e. The van der Waals surface area contributed by atoms with Gasteiger partial charge in [0.25, 0.3) is 0 Å². The zero-order valence-corrected chi connectivity index (χ0v) is 20.4. The van der Waals surface area contributed by atoms with Crippen molar-refractivity contribution in [1.82, 2.24) is 4.90 Å². The van der Waals surface area contributed by atoms with Crippen LogP contribution in [-0.4, -0.2) is 42.8 Å². The number of Topliss-reactive ketones (excluding diaryl/α,β-unsaturated/α-hetero) is 1. The lowest BCUT2D eigenvalue weighted by Gasteiger charge is -2.36. The number of unbranched alkanes of at least 4 members (excludes halogenated alkanes) is 4. The average molecular weight is 489 g/mol. The van der Waals surface area contributed by atoms with Gasteiger partial charge in [0.15, 0.2) is 0 Å². The Hall–Kier alpha value is -2.83. The van der Waals surface area contributed by atoms with E-state index in [1.54, 1.807) is 6.07 Å². The minimum absolute atomic E-state index is 0.0275. The van der Waals surface area contributed by atoms with Gasteiger partial charge in [-0.25, -0.2) is 0 Å². The summed E-state index contributed by atoms with van der Waals surface area (Å²) in [5.74, 6) is 0.120. The standard InChI is InChI=1S/C28H35F3N2O2/c1-2-3-4-5-6-10-27(35)33-17-15-32(16-18-33)25-13-11-22(12-14-25)20-26(34)21-23-8-7-9-24(19-23)28(29,30)31/h7-9,11-14,19H,2-6,10,15-18,20-21H2,1H3. The molecule has 1 aliphatic rings. The molecule has 4 nitrogen and oxygen atoms in total. The highest BCUT2D eigenvalue weighted by Crippen LogP contribution is 2.29. The van der Waals surface area contributed by atoms with Gasteiger partial charge in [0.05, 0.1) is 5.56 Å². The van der Waals surface area contributed by atoms with Crippen LogP contribution in [0.5, 0.6) is 0 Å². The van der Waals surface area contributed by atoms with Crippen LogP contribution in [0.15, 0.2) is 48.5 Å². The van der Waals surface area contributed by atoms with Crippen LogP contribution in [0.4, 0.5) is 18.9 Å². The van der Waals surface area contributed by atoms with Crippen molar-refractivity contribution in [2.75, 3.05) is 31.1 Å². The molecule has 0 N–H and O–H groups in total. The van der Waals surface area contributed by atoms with Crippen molar-refractivity contribution in [1.29, 1.82) is 0 Å². The molecule has 1 heterocycles. The molecular weight excluding hydrogens is 453 g/mol. The number of halogens is 3. The topological polar surface area (TPSA) is 40.6 Å². The number of ketones is 1. The molecule has 2 aromatic carbocycles. The van der Waals surface area contributed by atoms with Crippen molar-refractivity contribution in [2.24, 2.45) is 0 Å². The molecule has 1 amide bonds. The fourth-order valence-corrected chi connectivity index (χ4v) is 4.45. The Bertz CT molecular complexity index is 965. The first-order valence-corrected chi connectivity index (χ1v) is 12.6. The number of hydrogen-bond donors (Lipinski definition) is 0. The Labute approximate surface area is 206 Å². The van der Waals surface area contributed by atoms with Crippen LogP contribution in [0.1, 0.15) is 62.1 Å². The van der Waals surface area contributed by atoms with E-state index in [2.05, 4.69) is 11.8 Å². The van der Waals surface area contributed by atoms with Crippen LogP contribution in [0.2, 0.25) is 0 Å². The number of nitrogens with zero attached hydrogens (tertiary/aromatic N) is 2. The highest BCUT2D eigenvalue weighted by atomic mass is 19.4. The van der Waals surface area contributed by atoms with Crippen LogP contribution < -0.4 is 4.90 Å². The summed E-state index contributed by atoms with van der Waals surface area (Å²) < 4.78 is 38.6. The maximum atomic E-state index is 12.9. The van der Waals surface area contributed by atoms with Crippen molar-refractivity contribution in [2.45, 2.75) is 64.5 Å². The Balaban J connectivity index is 1.44. The number of benzene rings is 2. The Morgan fingerprint density at radius 2 is 1.49 bits per heavy atom. The lowest BCUT2D eigenvalue weighted by molar-refractivity contribution is -0.137. The Morgan fingerprint density at radius 3 is 2.14 bits per heavy atom. The zero-order valence-electron chi connectivity index (χ0n) is 20.4. The SMILES string of the molecule is CCCCCCCC(=O)N1CCN(c2ccc(CC(=O)Cc3cccc(C(F)(F)F)c3)cc2)CC1. The van der Waals surface area contributed by atoms with Gasteiger partial charge in [0.2, 0.25) is 5.91 Å². The smallest absolute Gasteiger partial charge is 0.368 e. The number of anilines is 1. The minimum atomic E-state index is -4.41. The van der Waals surface area contributed by atoms with E-state index in [0.717, 1.165) is 49.3 Å². The van der Waals surface area contributed by atoms with Gasteiger partial charge in [-0.15, -0.1) is 0 Å². The normalized spacial score (nSPS) is 14.3. The number of hydrogen-bond acceptors (Lipinski definition) is 3. The second kappa shape index (κ2) is 12.8. The number of amides is 1. The molecule has 0 aromatic heterocycles. The van der Waals surface area contributed by atoms with Crippen LogP contribution in [0.25, 0.3) is 0 Å². The van der Waals surface area contributed by atoms with Crippen molar-refractivity contribution < 1.29 is 22.8 Å². The average Bonchev–Trinajstić information content (AvgIpc) is 2.84. The predicted molar refractivity (Wildman–Crippen MR) is 132 cm³/mol. The molecule has 190 valence electrons. The summed E-state index contributed by atoms with van der Waals surface area (Å²) in [6.07, 6.45) is 2.08. The third-order valence-electron chi connectivity index (χ3n) is 6.48. The summed E-state index contributed by atoms with van der Waals surface area (Å²) in [6.45, 7) is 5.16. The summed E-state index contributed by atoms with van der Waals surface area (Å²) in [5, 5.41) is 0. The van der Waals surface area contributed by atoms with Gasteiger partial charge < -0.3 is 9.80 Å². The van der Waals surface area contributed by atoms with Gasteiger partial charge in [-0.05, 0) is 35.7 Å². The summed E-state index contributed by atoms with van der Waals surface area (Å²) in [5.41, 5.74) is 1.52. The molecular formula is C28H35F3N2O2. The molecule has 0 radical (unpaired) electrons. The number of rotatable bonds is 11. The molecule has 35 heavy (non-hydrogen) atoms. The number of carbonyl (C=O) groups excluding carboxylic acids is 2. The van der Waals surface area contributed by atoms with E-state index in [-0.39, 0.29) is 24.5 Å². The molecule has 0 bridgehead atoms. The second-order valence-corrected chi connectivity index (χ2v) is 9.29. The van der Waals surface area contributed by atoms with Gasteiger partial charge in [-0.2, -0.15) is 13.2 Å². The van der Waals surface area contributed by atoms with Gasteiger partial charge in [0, 0.05) is 51.1 Å². The van der Waals surface area contributed by atoms with Crippen LogP contribution in [0.3, 0.4) is 0 Å². The van der Waals surface area contributed by atoms with Gasteiger partial charge in [-0.3, -0.25) is 9.59 Å². The fraction of sp³-hybridized carbons (Fsp3) is 0.500. The summed E-state index contributed by atoms with van der Waals surface area (Å²) in [6, 6.07) is 12.7. The maximum Gasteiger partial charge on any atom is 0.416 e. The van der Waals surface area contributed by atoms with Crippen LogP contribution in [-0.2, 0) is 28.6 Å². The first-order valence-electron chi connectivity index (χ1n) is 12.6. The molecule has 1 aliphatic heterocycles. The van der Waals surface area contributed by atoms with Gasteiger partial charge >= 0.3 is 6.18 Å². The number of alkyl halides is 3. The quantitative estimate of drug-likeness (QED) is 0.361. The van der Waals surface area contributed by atoms with Crippen LogP contribution in [0, 0.1) is 0 Å². The van der Waals surface area contributed by atoms with Gasteiger partial charge in [-0.1, -0.05) is 62.9 Å². The molecule has 0 unspecified atom stereocenters. The minimum Gasteiger partial charge on any atom is -0.368 e. The van der Waals surface area contributed by atoms with E-state index in [9.17, 15) is 22.8 Å². The van der Waals surface area contributed by atoms with Gasteiger partial charge in [0.1, 0.15) is 5.78 Å². The second-order valence-electron chi connectivity index (χ2n) is 9.29. The molecule has 0 saturated carbocycles. The zero-order chi connectivity index (χ0) is 25.3. The summed E-state index contributed by atoms with van der Waals surface area (Å²) >= 11 is 0. The Kier molecular flexibility index (Phi) is 9.75. The first kappa shape index (κ1) is 26.8. The molecule has 0 atom stereocenters. The van der Waals surface area contributed by atoms with E-state index in [1.165, 1.54) is 25.3 Å². The number of piperazine rings is 1. The molecule has 2 aromatic rings. The molecule has 0 aliphatic carbocycles. The van der Waals surface area contributed by atoms with E-state index in [1.807, 2.05) is 29.2 Å². The third kappa shape index (κ3) is 8.41. The van der Waals surface area contributed by atoms with E-state index < -0.39 is 11.7 Å². The lowest BCUT2D eigenvalue weighted by atomic mass is 10.0. The molecule has 1 fully saturated rings. The highest BCUT2D eigenvalue weighted by Gasteiger charge is 2.30. The van der Waals surface area contributed by atoms with E-state index >= 15 is 0 Å². The molecule has 0 spiro atoms. The van der Waals surface area contributed by atoms with E-state index in [4.69, 9.17) is 0 Å². The molecule has 3 rings (SSSR count). The summed E-state index contributed by atoms with van der Waals surface area (Å²) in [7, 11) is 0. The van der Waals surface area contributed by atoms with Crippen molar-refractivity contribution in [3.8, 4) is 0 Å². The maximum absolute atomic E-state index is 12.9. The Morgan fingerprint density at radius 1 is 0.829 bits per heavy atom. The van der Waals surface area contributed by atoms with Crippen LogP contribution >= 0.6 is 0 Å². The first-order chi connectivity index (χ1) is 16.8. The van der Waals surface area contributed by atoms with Crippen molar-refractivity contribution in [3.05, 3.63) is 65.2 Å². The fourth-order valence-electron chi connectivity index (χ4n) is 4.45. The van der Waals surface area contributed by atoms with E-state index in [0.29, 0.717) is 25.1 Å². The highest BCUT2D eigenvalue weighted by molar-refractivity contribution is 5.83. The number of carbonyl (C=O) groups is 2. The predicted octanol–water partition coefficient (Wildman–Crippen LogP) is 6.07. The molecule has 7 heteroatoms. The molecule has 1 saturated heterocycles. The lowest BCUT2D eigenvalue weighted by Crippen LogP contribution is -2.48. The monoisotopic (exact) mass is 488 g/mol. The van der Waals surface area contributed by atoms with Crippen molar-refractivity contribution in [3.63, 3.8) is 0 Å². The summed E-state index contributed by atoms with van der Waals surface area (Å²) in [4.78, 5) is 29.1.